The van der Waals surface area contributed by atoms with Crippen LogP contribution >= 0.6 is 0 Å². The van der Waals surface area contributed by atoms with Crippen LogP contribution in [0, 0.1) is 11.8 Å². The average molecular weight is 532 g/mol. The summed E-state index contributed by atoms with van der Waals surface area (Å²) in [6.07, 6.45) is 5.67. The summed E-state index contributed by atoms with van der Waals surface area (Å²) < 4.78 is 11.4. The Kier molecular flexibility index (Phi) is 7.51. The second kappa shape index (κ2) is 10.9. The lowest BCUT2D eigenvalue weighted by atomic mass is 9.64. The molecule has 2 aromatic carbocycles. The standard InChI is InChI=1S/C31H33NO7/c1-30-25(28(36)32-31(30,29(37)39-30)27(35)23-10-6-3-7-11-23)16-17-38-26(19-34)24(18-33)22-14-12-21(13-15-22)20-8-4-2-5-9-20/h2,4-6,8-10,12-15,18-19,23-27,35H,3,7,11,16-17H2,1H3,(H,32,36)/t23-,24+,25+,26-,27+,30+,31+/m1/s1. The van der Waals surface area contributed by atoms with Gasteiger partial charge in [-0.25, -0.2) is 4.79 Å². The second-order valence-electron chi connectivity index (χ2n) is 10.7. The van der Waals surface area contributed by atoms with Gasteiger partial charge in [0.15, 0.2) is 5.60 Å². The van der Waals surface area contributed by atoms with Crippen LogP contribution in [-0.4, -0.2) is 59.5 Å². The summed E-state index contributed by atoms with van der Waals surface area (Å²) >= 11 is 0. The number of esters is 1. The molecule has 7 atom stereocenters. The van der Waals surface area contributed by atoms with Crippen LogP contribution in [0.5, 0.6) is 0 Å². The Morgan fingerprint density at radius 1 is 1.08 bits per heavy atom. The van der Waals surface area contributed by atoms with Gasteiger partial charge in [0.1, 0.15) is 18.7 Å². The van der Waals surface area contributed by atoms with E-state index < -0.39 is 47.1 Å². The topological polar surface area (TPSA) is 119 Å². The van der Waals surface area contributed by atoms with Crippen LogP contribution in [0.1, 0.15) is 44.1 Å². The van der Waals surface area contributed by atoms with Crippen LogP contribution in [0.15, 0.2) is 66.7 Å². The van der Waals surface area contributed by atoms with Crippen LogP contribution < -0.4 is 5.32 Å². The summed E-state index contributed by atoms with van der Waals surface area (Å²) in [5.74, 6) is -2.90. The lowest BCUT2D eigenvalue weighted by molar-refractivity contribution is -0.239. The van der Waals surface area contributed by atoms with Crippen molar-refractivity contribution >= 4 is 24.4 Å². The largest absolute Gasteiger partial charge is 0.453 e. The highest BCUT2D eigenvalue weighted by atomic mass is 16.6. The molecule has 39 heavy (non-hydrogen) atoms. The van der Waals surface area contributed by atoms with Crippen molar-refractivity contribution in [1.29, 1.82) is 0 Å². The van der Waals surface area contributed by atoms with Crippen molar-refractivity contribution in [3.8, 4) is 11.1 Å². The summed E-state index contributed by atoms with van der Waals surface area (Å²) in [4.78, 5) is 49.7. The zero-order valence-electron chi connectivity index (χ0n) is 21.8. The normalized spacial score (nSPS) is 29.8. The van der Waals surface area contributed by atoms with Gasteiger partial charge < -0.3 is 29.5 Å². The highest BCUT2D eigenvalue weighted by Gasteiger charge is 2.79. The number of hydrogen-bond donors (Lipinski definition) is 2. The van der Waals surface area contributed by atoms with Gasteiger partial charge in [-0.05, 0) is 49.3 Å². The number of fused-ring (bicyclic) bond motifs is 1. The first kappa shape index (κ1) is 27.0. The van der Waals surface area contributed by atoms with Gasteiger partial charge in [-0.2, -0.15) is 0 Å². The minimum atomic E-state index is -1.52. The van der Waals surface area contributed by atoms with E-state index in [2.05, 4.69) is 5.32 Å². The van der Waals surface area contributed by atoms with Gasteiger partial charge in [0.05, 0.1) is 17.9 Å². The van der Waals surface area contributed by atoms with Crippen molar-refractivity contribution < 1.29 is 33.8 Å². The van der Waals surface area contributed by atoms with Crippen LogP contribution in [0.2, 0.25) is 0 Å². The fraction of sp³-hybridized carbons (Fsp3) is 0.419. The number of aliphatic hydroxyl groups is 1. The van der Waals surface area contributed by atoms with Crippen molar-refractivity contribution in [2.24, 2.45) is 11.8 Å². The Bertz CT molecular complexity index is 1260. The molecule has 8 nitrogen and oxygen atoms in total. The monoisotopic (exact) mass is 531 g/mol. The minimum absolute atomic E-state index is 0.0173. The second-order valence-corrected chi connectivity index (χ2v) is 10.7. The third kappa shape index (κ3) is 4.51. The van der Waals surface area contributed by atoms with Gasteiger partial charge in [0.25, 0.3) is 0 Å². The van der Waals surface area contributed by atoms with Crippen LogP contribution in [0.4, 0.5) is 0 Å². The van der Waals surface area contributed by atoms with Gasteiger partial charge in [-0.15, -0.1) is 0 Å². The Morgan fingerprint density at radius 2 is 1.79 bits per heavy atom. The van der Waals surface area contributed by atoms with E-state index in [4.69, 9.17) is 9.47 Å². The Balaban J connectivity index is 1.25. The zero-order chi connectivity index (χ0) is 27.6. The van der Waals surface area contributed by atoms with E-state index in [1.807, 2.05) is 54.6 Å². The van der Waals surface area contributed by atoms with Gasteiger partial charge >= 0.3 is 5.97 Å². The molecule has 1 aliphatic carbocycles. The molecular formula is C31H33NO7. The molecule has 3 aliphatic rings. The van der Waals surface area contributed by atoms with E-state index in [9.17, 15) is 24.3 Å². The number of ether oxygens (including phenoxy) is 2. The molecule has 5 rings (SSSR count). The number of aliphatic hydroxyl groups excluding tert-OH is 1. The number of nitrogens with one attached hydrogen (secondary N) is 1. The molecule has 0 bridgehead atoms. The smallest absolute Gasteiger partial charge is 0.339 e. The van der Waals surface area contributed by atoms with Crippen molar-refractivity contribution in [3.63, 3.8) is 0 Å². The fourth-order valence-electron chi connectivity index (χ4n) is 6.30. The number of allylic oxidation sites excluding steroid dienone is 1. The van der Waals surface area contributed by atoms with Crippen molar-refractivity contribution in [1.82, 2.24) is 5.32 Å². The molecule has 1 amide bonds. The molecular weight excluding hydrogens is 498 g/mol. The van der Waals surface area contributed by atoms with Gasteiger partial charge in [0.2, 0.25) is 11.4 Å². The van der Waals surface area contributed by atoms with E-state index in [1.54, 1.807) is 19.1 Å². The van der Waals surface area contributed by atoms with E-state index in [0.717, 1.165) is 24.0 Å². The number of benzene rings is 2. The molecule has 0 aromatic heterocycles. The maximum absolute atomic E-state index is 13.0. The maximum atomic E-state index is 13.0. The fourth-order valence-corrected chi connectivity index (χ4v) is 6.30. The molecule has 2 heterocycles. The molecule has 2 N–H and O–H groups in total. The SMILES string of the molecule is C[C@@]12OC(=O)[C@]1([C@@H](O)[C@@H]1C=CCCC1)NC(=O)[C@@H]2CCO[C@H](C=O)[C@@H](C=O)c1ccc(-c2ccccc2)cc1. The van der Waals surface area contributed by atoms with Crippen molar-refractivity contribution in [3.05, 3.63) is 72.3 Å². The minimum Gasteiger partial charge on any atom is -0.453 e. The Hall–Kier alpha value is -3.62. The van der Waals surface area contributed by atoms with E-state index in [0.29, 0.717) is 24.6 Å². The molecule has 0 radical (unpaired) electrons. The average Bonchev–Trinajstić information content (AvgIpc) is 3.15. The third-order valence-corrected chi connectivity index (χ3v) is 8.61. The first-order chi connectivity index (χ1) is 18.9. The van der Waals surface area contributed by atoms with E-state index in [-0.39, 0.29) is 18.9 Å². The van der Waals surface area contributed by atoms with Gasteiger partial charge in [0, 0.05) is 12.5 Å². The number of carbonyl (C=O) groups is 4. The molecule has 2 aromatic rings. The van der Waals surface area contributed by atoms with Gasteiger partial charge in [-0.3, -0.25) is 4.79 Å². The highest BCUT2D eigenvalue weighted by Crippen LogP contribution is 2.53. The number of hydrogen-bond acceptors (Lipinski definition) is 7. The van der Waals surface area contributed by atoms with Crippen molar-refractivity contribution in [2.45, 2.75) is 61.9 Å². The third-order valence-electron chi connectivity index (χ3n) is 8.61. The molecule has 8 heteroatoms. The number of carbonyl (C=O) groups excluding carboxylic acids is 4. The molecule has 2 aliphatic heterocycles. The molecule has 2 fully saturated rings. The molecule has 0 unspecified atom stereocenters. The first-order valence-electron chi connectivity index (χ1n) is 13.4. The highest BCUT2D eigenvalue weighted by molar-refractivity contribution is 6.01. The van der Waals surface area contributed by atoms with Crippen LogP contribution in [0.25, 0.3) is 11.1 Å². The van der Waals surface area contributed by atoms with Crippen LogP contribution in [0.3, 0.4) is 0 Å². The lowest BCUT2D eigenvalue weighted by Crippen LogP contribution is -2.80. The summed E-state index contributed by atoms with van der Waals surface area (Å²) in [6, 6.07) is 17.2. The Labute approximate surface area is 227 Å². The first-order valence-corrected chi connectivity index (χ1v) is 13.4. The van der Waals surface area contributed by atoms with E-state index in [1.165, 1.54) is 0 Å². The zero-order valence-corrected chi connectivity index (χ0v) is 21.8. The number of aldehydes is 2. The maximum Gasteiger partial charge on any atom is 0.339 e. The number of rotatable bonds is 11. The van der Waals surface area contributed by atoms with E-state index >= 15 is 0 Å². The molecule has 204 valence electrons. The summed E-state index contributed by atoms with van der Waals surface area (Å²) in [5.41, 5.74) is -0.101. The number of amides is 1. The Morgan fingerprint density at radius 3 is 2.41 bits per heavy atom. The van der Waals surface area contributed by atoms with Gasteiger partial charge in [-0.1, -0.05) is 66.7 Å². The lowest BCUT2D eigenvalue weighted by Gasteiger charge is -2.54. The molecule has 0 spiro atoms. The summed E-state index contributed by atoms with van der Waals surface area (Å²) in [7, 11) is 0. The predicted molar refractivity (Wildman–Crippen MR) is 142 cm³/mol. The quantitative estimate of drug-likeness (QED) is 0.260. The molecule has 0 saturated carbocycles. The van der Waals surface area contributed by atoms with Crippen molar-refractivity contribution in [2.75, 3.05) is 6.61 Å². The van der Waals surface area contributed by atoms with Crippen LogP contribution in [-0.2, 0) is 28.7 Å². The predicted octanol–water partition coefficient (Wildman–Crippen LogP) is 3.13. The molecule has 2 saturated heterocycles. The summed E-state index contributed by atoms with van der Waals surface area (Å²) in [5, 5.41) is 14.0. The summed E-state index contributed by atoms with van der Waals surface area (Å²) in [6.45, 7) is 1.64.